The molecule has 7 nitrogen and oxygen atoms in total. The first kappa shape index (κ1) is 23.8. The number of rotatable bonds is 6. The van der Waals surface area contributed by atoms with Crippen LogP contribution in [0.5, 0.6) is 0 Å². The lowest BCUT2D eigenvalue weighted by atomic mass is 9.42. The van der Waals surface area contributed by atoms with Crippen molar-refractivity contribution in [2.24, 2.45) is 40.2 Å². The first-order valence-electron chi connectivity index (χ1n) is 12.7. The molecule has 32 heavy (non-hydrogen) atoms. The number of carboxylic acid groups (broad SMARTS) is 1. The van der Waals surface area contributed by atoms with Gasteiger partial charge in [-0.05, 0) is 99.2 Å². The Hall–Kier alpha value is -1.34. The average Bonchev–Trinajstić information content (AvgIpc) is 3.03. The summed E-state index contributed by atoms with van der Waals surface area (Å²) in [7, 11) is 0. The van der Waals surface area contributed by atoms with Crippen LogP contribution in [-0.2, 0) is 9.53 Å². The number of nitrogens with one attached hydrogen (secondary N) is 1. The Morgan fingerprint density at radius 3 is 2.53 bits per heavy atom. The number of carbonyl (C=O) groups excluding carboxylic acids is 1. The molecule has 0 bridgehead atoms. The molecule has 5 N–H and O–H groups in total. The standard InChI is InChI=1S/C25H42N2O5/c1-23-10-7-17(32-22(31)27-13-3-4-14-28)15-16(23)5-6-19-18(23)8-11-24(2)20(21(29)30)9-12-25(19,24)26/h16-20,28H,3-15,26H2,1-2H3,(H,27,31)(H,29,30)/t16?,17?,18-,19-,20?,23+,24-,25-/m1/s1. The van der Waals surface area contributed by atoms with Gasteiger partial charge in [0.1, 0.15) is 6.10 Å². The Labute approximate surface area is 191 Å². The minimum Gasteiger partial charge on any atom is -0.481 e. The van der Waals surface area contributed by atoms with E-state index in [0.717, 1.165) is 57.8 Å². The topological polar surface area (TPSA) is 122 Å². The Morgan fingerprint density at radius 2 is 1.81 bits per heavy atom. The number of nitrogens with two attached hydrogens (primary N) is 1. The molecule has 4 rings (SSSR count). The lowest BCUT2D eigenvalue weighted by molar-refractivity contribution is -0.157. The molecule has 3 unspecified atom stereocenters. The molecule has 4 saturated carbocycles. The van der Waals surface area contributed by atoms with Crippen molar-refractivity contribution in [3.8, 4) is 0 Å². The van der Waals surface area contributed by atoms with Gasteiger partial charge in [0.2, 0.25) is 0 Å². The molecule has 0 aromatic heterocycles. The molecule has 0 radical (unpaired) electrons. The largest absolute Gasteiger partial charge is 0.481 e. The zero-order valence-electron chi connectivity index (χ0n) is 19.8. The molecule has 0 aromatic rings. The van der Waals surface area contributed by atoms with Crippen LogP contribution in [0.15, 0.2) is 0 Å². The number of hydrogen-bond acceptors (Lipinski definition) is 5. The molecule has 0 saturated heterocycles. The summed E-state index contributed by atoms with van der Waals surface area (Å²) in [5.41, 5.74) is 6.67. The van der Waals surface area contributed by atoms with Crippen LogP contribution in [0.25, 0.3) is 0 Å². The van der Waals surface area contributed by atoms with Gasteiger partial charge in [-0.2, -0.15) is 0 Å². The van der Waals surface area contributed by atoms with Crippen molar-refractivity contribution in [3.63, 3.8) is 0 Å². The van der Waals surface area contributed by atoms with Gasteiger partial charge in [-0.15, -0.1) is 0 Å². The van der Waals surface area contributed by atoms with Crippen molar-refractivity contribution in [2.45, 2.75) is 96.1 Å². The van der Waals surface area contributed by atoms with Gasteiger partial charge in [-0.1, -0.05) is 13.8 Å². The van der Waals surface area contributed by atoms with Crippen LogP contribution >= 0.6 is 0 Å². The maximum Gasteiger partial charge on any atom is 0.407 e. The van der Waals surface area contributed by atoms with Gasteiger partial charge in [-0.3, -0.25) is 4.79 Å². The second-order valence-corrected chi connectivity index (χ2v) is 11.6. The number of ether oxygens (including phenoxy) is 1. The maximum atomic E-state index is 12.2. The van der Waals surface area contributed by atoms with Crippen molar-refractivity contribution < 1.29 is 24.5 Å². The van der Waals surface area contributed by atoms with E-state index in [1.54, 1.807) is 0 Å². The Balaban J connectivity index is 1.41. The zero-order chi connectivity index (χ0) is 23.1. The summed E-state index contributed by atoms with van der Waals surface area (Å²) < 4.78 is 5.74. The van der Waals surface area contributed by atoms with E-state index in [2.05, 4.69) is 19.2 Å². The van der Waals surface area contributed by atoms with Crippen LogP contribution in [0.3, 0.4) is 0 Å². The Bertz CT molecular complexity index is 731. The number of alkyl carbamates (subject to hydrolysis) is 1. The molecule has 1 amide bonds. The van der Waals surface area contributed by atoms with E-state index < -0.39 is 5.97 Å². The van der Waals surface area contributed by atoms with Gasteiger partial charge in [0, 0.05) is 18.7 Å². The highest BCUT2D eigenvalue weighted by Crippen LogP contribution is 2.68. The number of carbonyl (C=O) groups is 2. The van der Waals surface area contributed by atoms with Crippen molar-refractivity contribution in [2.75, 3.05) is 13.2 Å². The highest BCUT2D eigenvalue weighted by atomic mass is 16.6. The molecule has 4 aliphatic carbocycles. The number of amides is 1. The third-order valence-corrected chi connectivity index (χ3v) is 10.4. The molecule has 0 aliphatic heterocycles. The monoisotopic (exact) mass is 450 g/mol. The molecule has 4 fully saturated rings. The summed E-state index contributed by atoms with van der Waals surface area (Å²) in [5, 5.41) is 21.5. The second kappa shape index (κ2) is 8.79. The van der Waals surface area contributed by atoms with Gasteiger partial charge in [0.25, 0.3) is 0 Å². The van der Waals surface area contributed by atoms with Crippen LogP contribution in [0.1, 0.15) is 84.5 Å². The highest BCUT2D eigenvalue weighted by Gasteiger charge is 2.67. The molecule has 0 spiro atoms. The summed E-state index contributed by atoms with van der Waals surface area (Å²) in [6, 6.07) is 0. The average molecular weight is 451 g/mol. The first-order chi connectivity index (χ1) is 15.2. The van der Waals surface area contributed by atoms with Crippen molar-refractivity contribution in [3.05, 3.63) is 0 Å². The predicted molar refractivity (Wildman–Crippen MR) is 121 cm³/mol. The number of aliphatic hydroxyl groups is 1. The van der Waals surface area contributed by atoms with Gasteiger partial charge in [-0.25, -0.2) is 4.79 Å². The van der Waals surface area contributed by atoms with E-state index in [0.29, 0.717) is 37.1 Å². The van der Waals surface area contributed by atoms with Crippen LogP contribution in [0, 0.1) is 34.5 Å². The van der Waals surface area contributed by atoms with E-state index in [1.807, 2.05) is 0 Å². The highest BCUT2D eigenvalue weighted by molar-refractivity contribution is 5.72. The molecular formula is C25H42N2O5. The van der Waals surface area contributed by atoms with E-state index in [-0.39, 0.29) is 41.1 Å². The van der Waals surface area contributed by atoms with Gasteiger partial charge in [0.15, 0.2) is 0 Å². The molecule has 7 heteroatoms. The number of fused-ring (bicyclic) bond motifs is 5. The van der Waals surface area contributed by atoms with Crippen molar-refractivity contribution in [1.29, 1.82) is 0 Å². The van der Waals surface area contributed by atoms with Crippen LogP contribution in [0.2, 0.25) is 0 Å². The van der Waals surface area contributed by atoms with Crippen molar-refractivity contribution >= 4 is 12.1 Å². The van der Waals surface area contributed by atoms with Gasteiger partial charge in [0.05, 0.1) is 5.92 Å². The fraction of sp³-hybridized carbons (Fsp3) is 0.920. The number of unbranched alkanes of at least 4 members (excludes halogenated alkanes) is 1. The van der Waals surface area contributed by atoms with E-state index >= 15 is 0 Å². The normalized spacial score (nSPS) is 45.3. The second-order valence-electron chi connectivity index (χ2n) is 11.6. The Kier molecular flexibility index (Phi) is 6.54. The number of hydrogen-bond donors (Lipinski definition) is 4. The van der Waals surface area contributed by atoms with Crippen LogP contribution < -0.4 is 11.1 Å². The van der Waals surface area contributed by atoms with Crippen LogP contribution in [0.4, 0.5) is 4.79 Å². The summed E-state index contributed by atoms with van der Waals surface area (Å²) in [6.45, 7) is 5.25. The summed E-state index contributed by atoms with van der Waals surface area (Å²) in [4.78, 5) is 24.1. The van der Waals surface area contributed by atoms with E-state index in [4.69, 9.17) is 15.6 Å². The molecule has 0 aromatic carbocycles. The third-order valence-electron chi connectivity index (χ3n) is 10.4. The lowest BCUT2D eigenvalue weighted by Gasteiger charge is -2.64. The quantitative estimate of drug-likeness (QED) is 0.458. The van der Waals surface area contributed by atoms with Gasteiger partial charge >= 0.3 is 12.1 Å². The van der Waals surface area contributed by atoms with E-state index in [1.165, 1.54) is 0 Å². The summed E-state index contributed by atoms with van der Waals surface area (Å²) in [5.74, 6) is 0.443. The van der Waals surface area contributed by atoms with Gasteiger partial charge < -0.3 is 26.0 Å². The fourth-order valence-corrected chi connectivity index (χ4v) is 8.41. The number of carboxylic acids is 1. The fourth-order valence-electron chi connectivity index (χ4n) is 8.41. The lowest BCUT2D eigenvalue weighted by Crippen LogP contribution is -2.66. The number of aliphatic carboxylic acids is 1. The summed E-state index contributed by atoms with van der Waals surface area (Å²) in [6.07, 6.45) is 9.53. The van der Waals surface area contributed by atoms with Crippen LogP contribution in [-0.4, -0.2) is 47.1 Å². The molecule has 8 atom stereocenters. The SMILES string of the molecule is C[C@]12CCC(OC(=O)NCCCCO)CC1CC[C@@H]1[C@H]2CC[C@]2(C)C(C(=O)O)CC[C@@]12N. The first-order valence-corrected chi connectivity index (χ1v) is 12.7. The minimum atomic E-state index is -0.675. The van der Waals surface area contributed by atoms with Crippen molar-refractivity contribution in [1.82, 2.24) is 5.32 Å². The van der Waals surface area contributed by atoms with E-state index in [9.17, 15) is 14.7 Å². The molecular weight excluding hydrogens is 408 g/mol. The summed E-state index contributed by atoms with van der Waals surface area (Å²) >= 11 is 0. The maximum absolute atomic E-state index is 12.2. The smallest absolute Gasteiger partial charge is 0.407 e. The Morgan fingerprint density at radius 1 is 1.03 bits per heavy atom. The third kappa shape index (κ3) is 3.73. The molecule has 4 aliphatic rings. The predicted octanol–water partition coefficient (Wildman–Crippen LogP) is 3.68. The molecule has 182 valence electrons. The number of aliphatic hydroxyl groups excluding tert-OH is 1. The minimum absolute atomic E-state index is 0.0361. The molecule has 0 heterocycles. The zero-order valence-corrected chi connectivity index (χ0v) is 19.8.